The zero-order valence-corrected chi connectivity index (χ0v) is 7.62. The number of nitrogens with zero attached hydrogens (tertiary/aromatic N) is 1. The maximum Gasteiger partial charge on any atom is 0.167 e. The third-order valence-electron chi connectivity index (χ3n) is 2.47. The summed E-state index contributed by atoms with van der Waals surface area (Å²) >= 11 is 0. The van der Waals surface area contributed by atoms with Gasteiger partial charge >= 0.3 is 0 Å². The van der Waals surface area contributed by atoms with Gasteiger partial charge in [-0.05, 0) is 31.8 Å². The molecular weight excluding hydrogens is 166 g/mol. The Morgan fingerprint density at radius 1 is 1.69 bits per heavy atom. The summed E-state index contributed by atoms with van der Waals surface area (Å²) in [5.74, 6) is 2.08. The van der Waals surface area contributed by atoms with E-state index in [4.69, 9.17) is 10.3 Å². The topological polar surface area (TPSA) is 64.1 Å². The summed E-state index contributed by atoms with van der Waals surface area (Å²) in [6, 6.07) is 1.81. The molecule has 2 heterocycles. The summed E-state index contributed by atoms with van der Waals surface area (Å²) in [5.41, 5.74) is 5.46. The summed E-state index contributed by atoms with van der Waals surface area (Å²) < 4.78 is 5.06. The average molecular weight is 181 g/mol. The summed E-state index contributed by atoms with van der Waals surface area (Å²) in [6.07, 6.45) is 3.49. The molecule has 0 saturated carbocycles. The van der Waals surface area contributed by atoms with E-state index in [1.165, 1.54) is 12.8 Å². The highest BCUT2D eigenvalue weighted by Crippen LogP contribution is 2.17. The fourth-order valence-electron chi connectivity index (χ4n) is 1.81. The van der Waals surface area contributed by atoms with Gasteiger partial charge in [0.2, 0.25) is 0 Å². The number of hydrogen-bond acceptors (Lipinski definition) is 4. The van der Waals surface area contributed by atoms with E-state index >= 15 is 0 Å². The smallest absolute Gasteiger partial charge is 0.167 e. The van der Waals surface area contributed by atoms with Crippen LogP contribution in [0.15, 0.2) is 10.6 Å². The van der Waals surface area contributed by atoms with Gasteiger partial charge in [0.05, 0.1) is 0 Å². The molecule has 0 radical (unpaired) electrons. The molecule has 1 aromatic heterocycles. The van der Waals surface area contributed by atoms with Crippen LogP contribution in [0.5, 0.6) is 0 Å². The summed E-state index contributed by atoms with van der Waals surface area (Å²) in [6.45, 7) is 2.23. The second-order valence-corrected chi connectivity index (χ2v) is 3.63. The Bertz CT molecular complexity index is 266. The summed E-state index contributed by atoms with van der Waals surface area (Å²) in [5, 5.41) is 7.03. The molecule has 3 N–H and O–H groups in total. The van der Waals surface area contributed by atoms with Crippen molar-refractivity contribution >= 4 is 5.82 Å². The molecule has 0 aliphatic carbocycles. The standard InChI is InChI=1S/C9H15N3O/c10-9-5-8(13-12-9)4-7-2-1-3-11-6-7/h5,7,11H,1-4,6H2,(H2,10,12). The van der Waals surface area contributed by atoms with Crippen molar-refractivity contribution in [3.8, 4) is 0 Å². The third-order valence-corrected chi connectivity index (χ3v) is 2.47. The van der Waals surface area contributed by atoms with Gasteiger partial charge in [-0.25, -0.2) is 0 Å². The molecule has 13 heavy (non-hydrogen) atoms. The number of hydrogen-bond donors (Lipinski definition) is 2. The molecule has 1 fully saturated rings. The average Bonchev–Trinajstić information content (AvgIpc) is 2.53. The van der Waals surface area contributed by atoms with Gasteiger partial charge in [-0.3, -0.25) is 0 Å². The van der Waals surface area contributed by atoms with Crippen LogP contribution in [0.3, 0.4) is 0 Å². The Morgan fingerprint density at radius 2 is 2.62 bits per heavy atom. The molecule has 4 nitrogen and oxygen atoms in total. The molecule has 4 heteroatoms. The van der Waals surface area contributed by atoms with Crippen LogP contribution >= 0.6 is 0 Å². The maximum absolute atomic E-state index is 5.46. The first-order chi connectivity index (χ1) is 6.34. The molecule has 0 aromatic carbocycles. The highest BCUT2D eigenvalue weighted by molar-refractivity contribution is 5.26. The van der Waals surface area contributed by atoms with E-state index < -0.39 is 0 Å². The van der Waals surface area contributed by atoms with Crippen molar-refractivity contribution in [1.82, 2.24) is 10.5 Å². The molecule has 1 unspecified atom stereocenters. The predicted molar refractivity (Wildman–Crippen MR) is 50.2 cm³/mol. The lowest BCUT2D eigenvalue weighted by molar-refractivity contribution is 0.322. The van der Waals surface area contributed by atoms with E-state index in [0.717, 1.165) is 25.3 Å². The van der Waals surface area contributed by atoms with Crippen molar-refractivity contribution in [3.63, 3.8) is 0 Å². The SMILES string of the molecule is Nc1cc(CC2CCCNC2)on1. The van der Waals surface area contributed by atoms with Gasteiger partial charge in [0.1, 0.15) is 5.76 Å². The van der Waals surface area contributed by atoms with E-state index in [1.54, 1.807) is 0 Å². The molecule has 2 rings (SSSR count). The molecule has 1 saturated heterocycles. The number of nitrogens with two attached hydrogens (primary N) is 1. The fourth-order valence-corrected chi connectivity index (χ4v) is 1.81. The summed E-state index contributed by atoms with van der Waals surface area (Å²) in [4.78, 5) is 0. The van der Waals surface area contributed by atoms with Crippen LogP contribution < -0.4 is 11.1 Å². The third kappa shape index (κ3) is 2.21. The predicted octanol–water partition coefficient (Wildman–Crippen LogP) is 0.799. The Morgan fingerprint density at radius 3 is 3.23 bits per heavy atom. The van der Waals surface area contributed by atoms with Crippen LogP contribution in [0, 0.1) is 5.92 Å². The number of nitrogens with one attached hydrogen (secondary N) is 1. The van der Waals surface area contributed by atoms with Crippen LogP contribution in [-0.2, 0) is 6.42 Å². The van der Waals surface area contributed by atoms with E-state index in [2.05, 4.69) is 10.5 Å². The molecule has 0 bridgehead atoms. The minimum atomic E-state index is 0.485. The van der Waals surface area contributed by atoms with Gasteiger partial charge in [0.15, 0.2) is 5.82 Å². The molecule has 0 spiro atoms. The lowest BCUT2D eigenvalue weighted by Gasteiger charge is -2.21. The van der Waals surface area contributed by atoms with Gasteiger partial charge in [0.25, 0.3) is 0 Å². The number of anilines is 1. The quantitative estimate of drug-likeness (QED) is 0.708. The van der Waals surface area contributed by atoms with Gasteiger partial charge in [-0.2, -0.15) is 0 Å². The minimum absolute atomic E-state index is 0.485. The maximum atomic E-state index is 5.46. The first-order valence-corrected chi connectivity index (χ1v) is 4.76. The molecule has 1 aromatic rings. The first-order valence-electron chi connectivity index (χ1n) is 4.76. The molecule has 1 atom stereocenters. The van der Waals surface area contributed by atoms with Gasteiger partial charge in [-0.1, -0.05) is 5.16 Å². The fraction of sp³-hybridized carbons (Fsp3) is 0.667. The lowest BCUT2D eigenvalue weighted by atomic mass is 9.95. The van der Waals surface area contributed by atoms with Crippen molar-refractivity contribution in [1.29, 1.82) is 0 Å². The van der Waals surface area contributed by atoms with Crippen LogP contribution in [0.1, 0.15) is 18.6 Å². The summed E-state index contributed by atoms with van der Waals surface area (Å²) in [7, 11) is 0. The Labute approximate surface area is 77.5 Å². The normalized spacial score (nSPS) is 23.2. The Balaban J connectivity index is 1.89. The monoisotopic (exact) mass is 181 g/mol. The molecule has 1 aliphatic heterocycles. The van der Waals surface area contributed by atoms with Crippen LogP contribution in [0.25, 0.3) is 0 Å². The van der Waals surface area contributed by atoms with E-state index in [9.17, 15) is 0 Å². The van der Waals surface area contributed by atoms with Crippen molar-refractivity contribution in [2.24, 2.45) is 5.92 Å². The number of aromatic nitrogens is 1. The molecule has 0 amide bonds. The highest BCUT2D eigenvalue weighted by atomic mass is 16.5. The number of piperidine rings is 1. The van der Waals surface area contributed by atoms with Gasteiger partial charge in [0, 0.05) is 12.5 Å². The van der Waals surface area contributed by atoms with Gasteiger partial charge < -0.3 is 15.6 Å². The van der Waals surface area contributed by atoms with Crippen molar-refractivity contribution in [3.05, 3.63) is 11.8 Å². The van der Waals surface area contributed by atoms with Gasteiger partial charge in [-0.15, -0.1) is 0 Å². The lowest BCUT2D eigenvalue weighted by Crippen LogP contribution is -2.30. The second-order valence-electron chi connectivity index (χ2n) is 3.63. The van der Waals surface area contributed by atoms with E-state index in [0.29, 0.717) is 11.7 Å². The zero-order chi connectivity index (χ0) is 9.10. The Hall–Kier alpha value is -1.03. The number of nitrogen functional groups attached to an aromatic ring is 1. The highest BCUT2D eigenvalue weighted by Gasteiger charge is 2.15. The van der Waals surface area contributed by atoms with Crippen LogP contribution in [0.4, 0.5) is 5.82 Å². The van der Waals surface area contributed by atoms with Crippen molar-refractivity contribution in [2.75, 3.05) is 18.8 Å². The van der Waals surface area contributed by atoms with E-state index in [-0.39, 0.29) is 0 Å². The van der Waals surface area contributed by atoms with Crippen LogP contribution in [-0.4, -0.2) is 18.2 Å². The number of rotatable bonds is 2. The second kappa shape index (κ2) is 3.79. The first kappa shape index (κ1) is 8.56. The Kier molecular flexibility index (Phi) is 2.49. The largest absolute Gasteiger partial charge is 0.381 e. The van der Waals surface area contributed by atoms with E-state index in [1.807, 2.05) is 6.07 Å². The molecular formula is C9H15N3O. The van der Waals surface area contributed by atoms with Crippen molar-refractivity contribution in [2.45, 2.75) is 19.3 Å². The minimum Gasteiger partial charge on any atom is -0.381 e. The molecule has 72 valence electrons. The molecule has 1 aliphatic rings. The zero-order valence-electron chi connectivity index (χ0n) is 7.62. The van der Waals surface area contributed by atoms with Crippen LogP contribution in [0.2, 0.25) is 0 Å². The van der Waals surface area contributed by atoms with Crippen molar-refractivity contribution < 1.29 is 4.52 Å².